The van der Waals surface area contributed by atoms with E-state index in [0.717, 1.165) is 17.3 Å². The van der Waals surface area contributed by atoms with Crippen molar-refractivity contribution >= 4 is 33.3 Å². The van der Waals surface area contributed by atoms with Gasteiger partial charge in [0, 0.05) is 16.9 Å². The van der Waals surface area contributed by atoms with Crippen LogP contribution < -0.4 is 10.0 Å². The first kappa shape index (κ1) is 21.1. The van der Waals surface area contributed by atoms with Crippen molar-refractivity contribution in [1.82, 2.24) is 14.7 Å². The number of hydrogen-bond donors (Lipinski definition) is 2. The minimum atomic E-state index is -4.13. The van der Waals surface area contributed by atoms with Crippen molar-refractivity contribution in [1.29, 1.82) is 0 Å². The van der Waals surface area contributed by atoms with Gasteiger partial charge in [0.25, 0.3) is 10.0 Å². The molecule has 0 saturated carbocycles. The summed E-state index contributed by atoms with van der Waals surface area (Å²) in [5.41, 5.74) is 2.79. The van der Waals surface area contributed by atoms with Crippen LogP contribution in [0.3, 0.4) is 0 Å². The molecule has 146 valence electrons. The molecule has 1 heterocycles. The SMILES string of the molecule is Cc1cnc(S(=O)(=O)NC(=O)Nc2c(C(C)C)cc(Cl)cc2C(C)C)cn1. The molecule has 0 fully saturated rings. The predicted octanol–water partition coefficient (Wildman–Crippen LogP) is 4.20. The first-order valence-corrected chi connectivity index (χ1v) is 10.3. The normalized spacial score (nSPS) is 11.7. The van der Waals surface area contributed by atoms with Crippen LogP contribution in [-0.4, -0.2) is 24.4 Å². The molecule has 2 aromatic rings. The Bertz CT molecular complexity index is 913. The van der Waals surface area contributed by atoms with E-state index in [1.54, 1.807) is 19.1 Å². The van der Waals surface area contributed by atoms with Gasteiger partial charge in [-0.1, -0.05) is 39.3 Å². The number of rotatable bonds is 5. The molecule has 0 atom stereocenters. The molecule has 0 aliphatic heterocycles. The maximum Gasteiger partial charge on any atom is 0.333 e. The number of urea groups is 1. The third-order valence-electron chi connectivity index (χ3n) is 3.91. The third-order valence-corrected chi connectivity index (χ3v) is 5.34. The molecule has 1 aromatic carbocycles. The fourth-order valence-corrected chi connectivity index (χ4v) is 3.56. The standard InChI is InChI=1S/C18H23ClN4O3S/c1-10(2)14-6-13(19)7-15(11(3)4)17(14)22-18(24)23-27(25,26)16-9-20-12(5)8-21-16/h6-11H,1-5H3,(H2,22,23,24). The topological polar surface area (TPSA) is 101 Å². The molecule has 0 spiro atoms. The smallest absolute Gasteiger partial charge is 0.307 e. The van der Waals surface area contributed by atoms with E-state index in [0.29, 0.717) is 16.4 Å². The number of sulfonamides is 1. The number of benzene rings is 1. The van der Waals surface area contributed by atoms with Gasteiger partial charge in [0.1, 0.15) is 0 Å². The second-order valence-corrected chi connectivity index (χ2v) is 8.89. The number of anilines is 1. The molecule has 2 N–H and O–H groups in total. The number of nitrogens with one attached hydrogen (secondary N) is 2. The Labute approximate surface area is 164 Å². The Morgan fingerprint density at radius 3 is 2.04 bits per heavy atom. The fraction of sp³-hybridized carbons (Fsp3) is 0.389. The summed E-state index contributed by atoms with van der Waals surface area (Å²) in [6.07, 6.45) is 2.42. The molecule has 9 heteroatoms. The summed E-state index contributed by atoms with van der Waals surface area (Å²) < 4.78 is 26.7. The van der Waals surface area contributed by atoms with Gasteiger partial charge in [-0.25, -0.2) is 14.5 Å². The summed E-state index contributed by atoms with van der Waals surface area (Å²) in [5, 5.41) is 2.91. The van der Waals surface area contributed by atoms with Crippen LogP contribution in [0.5, 0.6) is 0 Å². The Kier molecular flexibility index (Phi) is 6.43. The largest absolute Gasteiger partial charge is 0.333 e. The van der Waals surface area contributed by atoms with Crippen molar-refractivity contribution < 1.29 is 13.2 Å². The van der Waals surface area contributed by atoms with Crippen LogP contribution in [-0.2, 0) is 10.0 Å². The van der Waals surface area contributed by atoms with Gasteiger partial charge < -0.3 is 5.32 Å². The highest BCUT2D eigenvalue weighted by Gasteiger charge is 2.22. The Morgan fingerprint density at radius 2 is 1.59 bits per heavy atom. The van der Waals surface area contributed by atoms with Crippen LogP contribution in [0.4, 0.5) is 10.5 Å². The molecule has 0 bridgehead atoms. The van der Waals surface area contributed by atoms with E-state index in [4.69, 9.17) is 11.6 Å². The third kappa shape index (κ3) is 5.17. The minimum Gasteiger partial charge on any atom is -0.307 e. The Hall–Kier alpha value is -2.19. The van der Waals surface area contributed by atoms with E-state index in [9.17, 15) is 13.2 Å². The molecule has 0 aliphatic rings. The molecule has 0 aliphatic carbocycles. The van der Waals surface area contributed by atoms with Gasteiger partial charge in [0.15, 0.2) is 5.03 Å². The van der Waals surface area contributed by atoms with E-state index < -0.39 is 16.1 Å². The molecule has 0 unspecified atom stereocenters. The average molecular weight is 411 g/mol. The first-order chi connectivity index (χ1) is 12.5. The highest BCUT2D eigenvalue weighted by molar-refractivity contribution is 7.90. The molecule has 0 radical (unpaired) electrons. The summed E-state index contributed by atoms with van der Waals surface area (Å²) in [5.74, 6) is 0.159. The fourth-order valence-electron chi connectivity index (χ4n) is 2.54. The van der Waals surface area contributed by atoms with E-state index in [1.165, 1.54) is 6.20 Å². The molecular formula is C18H23ClN4O3S. The molecule has 2 rings (SSSR count). The summed E-state index contributed by atoms with van der Waals surface area (Å²) >= 11 is 6.21. The average Bonchev–Trinajstić information content (AvgIpc) is 2.55. The van der Waals surface area contributed by atoms with Crippen molar-refractivity contribution in [2.24, 2.45) is 0 Å². The maximum atomic E-state index is 12.4. The Balaban J connectivity index is 2.33. The number of aryl methyl sites for hydroxylation is 1. The number of nitrogens with zero attached hydrogens (tertiary/aromatic N) is 2. The molecule has 7 nitrogen and oxygen atoms in total. The van der Waals surface area contributed by atoms with Crippen molar-refractivity contribution in [3.05, 3.63) is 46.4 Å². The van der Waals surface area contributed by atoms with E-state index in [2.05, 4.69) is 15.3 Å². The first-order valence-electron chi connectivity index (χ1n) is 8.47. The van der Waals surface area contributed by atoms with E-state index in [1.807, 2.05) is 32.4 Å². The monoisotopic (exact) mass is 410 g/mol. The Morgan fingerprint density at radius 1 is 1.04 bits per heavy atom. The van der Waals surface area contributed by atoms with Crippen molar-refractivity contribution in [2.45, 2.75) is 51.5 Å². The zero-order valence-electron chi connectivity index (χ0n) is 15.9. The van der Waals surface area contributed by atoms with Gasteiger partial charge in [0.2, 0.25) is 0 Å². The van der Waals surface area contributed by atoms with Gasteiger partial charge in [0.05, 0.1) is 11.9 Å². The van der Waals surface area contributed by atoms with Crippen LogP contribution in [0.15, 0.2) is 29.6 Å². The van der Waals surface area contributed by atoms with Crippen LogP contribution in [0.2, 0.25) is 5.02 Å². The molecular weight excluding hydrogens is 388 g/mol. The van der Waals surface area contributed by atoms with Gasteiger partial charge in [-0.05, 0) is 42.0 Å². The number of halogens is 1. The molecule has 27 heavy (non-hydrogen) atoms. The second-order valence-electron chi connectivity index (χ2n) is 6.82. The predicted molar refractivity (Wildman–Crippen MR) is 106 cm³/mol. The number of hydrogen-bond acceptors (Lipinski definition) is 5. The van der Waals surface area contributed by atoms with Gasteiger partial charge in [-0.15, -0.1) is 0 Å². The van der Waals surface area contributed by atoms with E-state index in [-0.39, 0.29) is 16.9 Å². The second kappa shape index (κ2) is 8.22. The quantitative estimate of drug-likeness (QED) is 0.769. The number of carbonyl (C=O) groups excluding carboxylic acids is 1. The summed E-state index contributed by atoms with van der Waals surface area (Å²) in [4.78, 5) is 20.1. The molecule has 0 saturated heterocycles. The van der Waals surface area contributed by atoms with Crippen molar-refractivity contribution in [2.75, 3.05) is 5.32 Å². The lowest BCUT2D eigenvalue weighted by Gasteiger charge is -2.21. The lowest BCUT2D eigenvalue weighted by atomic mass is 9.92. The number of carbonyl (C=O) groups is 1. The van der Waals surface area contributed by atoms with Crippen LogP contribution in [0.1, 0.15) is 56.4 Å². The van der Waals surface area contributed by atoms with Gasteiger partial charge in [-0.3, -0.25) is 4.98 Å². The molecule has 2 amide bonds. The number of aromatic nitrogens is 2. The van der Waals surface area contributed by atoms with Gasteiger partial charge >= 0.3 is 6.03 Å². The minimum absolute atomic E-state index is 0.0797. The lowest BCUT2D eigenvalue weighted by Crippen LogP contribution is -2.35. The van der Waals surface area contributed by atoms with Crippen molar-refractivity contribution in [3.63, 3.8) is 0 Å². The highest BCUT2D eigenvalue weighted by atomic mass is 35.5. The highest BCUT2D eigenvalue weighted by Crippen LogP contribution is 2.35. The summed E-state index contributed by atoms with van der Waals surface area (Å²) in [6.45, 7) is 9.56. The van der Waals surface area contributed by atoms with Crippen LogP contribution in [0.25, 0.3) is 0 Å². The summed E-state index contributed by atoms with van der Waals surface area (Å²) in [6, 6.07) is 2.67. The van der Waals surface area contributed by atoms with Crippen LogP contribution >= 0.6 is 11.6 Å². The lowest BCUT2D eigenvalue weighted by molar-refractivity contribution is 0.256. The molecule has 1 aromatic heterocycles. The van der Waals surface area contributed by atoms with Gasteiger partial charge in [-0.2, -0.15) is 8.42 Å². The van der Waals surface area contributed by atoms with Crippen LogP contribution in [0, 0.1) is 6.92 Å². The summed E-state index contributed by atoms with van der Waals surface area (Å²) in [7, 11) is -4.13. The maximum absolute atomic E-state index is 12.4. The zero-order chi connectivity index (χ0) is 20.4. The van der Waals surface area contributed by atoms with Crippen molar-refractivity contribution in [3.8, 4) is 0 Å². The van der Waals surface area contributed by atoms with E-state index >= 15 is 0 Å². The zero-order valence-corrected chi connectivity index (χ0v) is 17.4. The number of amides is 2.